The molecule has 2 N–H and O–H groups in total. The molecule has 1 unspecified atom stereocenters. The number of nitrogens with two attached hydrogens (primary N) is 1. The van der Waals surface area contributed by atoms with Crippen LogP contribution in [0.2, 0.25) is 0 Å². The summed E-state index contributed by atoms with van der Waals surface area (Å²) in [6.07, 6.45) is 2.69. The summed E-state index contributed by atoms with van der Waals surface area (Å²) >= 11 is 0. The Morgan fingerprint density at radius 3 is 3.18 bits per heavy atom. The normalized spacial score (nSPS) is 20.6. The molecule has 2 rings (SSSR count). The van der Waals surface area contributed by atoms with E-state index >= 15 is 0 Å². The molecule has 5 heteroatoms. The average Bonchev–Trinajstić information content (AvgIpc) is 2.39. The van der Waals surface area contributed by atoms with Gasteiger partial charge >= 0.3 is 0 Å². The van der Waals surface area contributed by atoms with Crippen LogP contribution in [-0.2, 0) is 11.3 Å². The second-order valence-electron chi connectivity index (χ2n) is 4.16. The topological polar surface area (TPSA) is 51.4 Å². The lowest BCUT2D eigenvalue weighted by atomic mass is 10.2. The SMILES string of the molecule is CCC1CN(c2nccc(CN)c2F)CCO1. The molecule has 1 aromatic rings. The van der Waals surface area contributed by atoms with Crippen LogP contribution in [-0.4, -0.2) is 30.8 Å². The zero-order valence-electron chi connectivity index (χ0n) is 10.0. The highest BCUT2D eigenvalue weighted by Crippen LogP contribution is 2.22. The number of aromatic nitrogens is 1. The number of pyridine rings is 1. The second kappa shape index (κ2) is 5.42. The van der Waals surface area contributed by atoms with Crippen LogP contribution >= 0.6 is 0 Å². The summed E-state index contributed by atoms with van der Waals surface area (Å²) < 4.78 is 19.6. The summed E-state index contributed by atoms with van der Waals surface area (Å²) in [6.45, 7) is 4.24. The number of anilines is 1. The van der Waals surface area contributed by atoms with Gasteiger partial charge in [-0.3, -0.25) is 0 Å². The summed E-state index contributed by atoms with van der Waals surface area (Å²) in [6, 6.07) is 1.62. The molecular formula is C12H18FN3O. The number of morpholine rings is 1. The molecule has 1 fully saturated rings. The predicted molar refractivity (Wildman–Crippen MR) is 64.3 cm³/mol. The first-order valence-corrected chi connectivity index (χ1v) is 5.96. The highest BCUT2D eigenvalue weighted by atomic mass is 19.1. The van der Waals surface area contributed by atoms with E-state index in [-0.39, 0.29) is 18.5 Å². The lowest BCUT2D eigenvalue weighted by Crippen LogP contribution is -2.43. The minimum absolute atomic E-state index is 0.159. The third kappa shape index (κ3) is 2.56. The fourth-order valence-electron chi connectivity index (χ4n) is 2.01. The molecule has 1 aromatic heterocycles. The molecule has 0 radical (unpaired) electrons. The summed E-state index contributed by atoms with van der Waals surface area (Å²) in [5.41, 5.74) is 6.00. The zero-order chi connectivity index (χ0) is 12.3. The van der Waals surface area contributed by atoms with Crippen LogP contribution in [0.1, 0.15) is 18.9 Å². The number of nitrogens with zero attached hydrogens (tertiary/aromatic N) is 2. The van der Waals surface area contributed by atoms with Crippen molar-refractivity contribution in [2.24, 2.45) is 5.73 Å². The Morgan fingerprint density at radius 1 is 1.65 bits per heavy atom. The molecule has 0 spiro atoms. The van der Waals surface area contributed by atoms with Gasteiger partial charge in [-0.2, -0.15) is 0 Å². The van der Waals surface area contributed by atoms with Gasteiger partial charge in [0.05, 0.1) is 12.7 Å². The summed E-state index contributed by atoms with van der Waals surface area (Å²) in [4.78, 5) is 6.06. The van der Waals surface area contributed by atoms with Crippen molar-refractivity contribution >= 4 is 5.82 Å². The van der Waals surface area contributed by atoms with Gasteiger partial charge in [0, 0.05) is 31.4 Å². The molecule has 0 aromatic carbocycles. The van der Waals surface area contributed by atoms with Gasteiger partial charge in [-0.15, -0.1) is 0 Å². The standard InChI is InChI=1S/C12H18FN3O/c1-2-10-8-16(5-6-17-10)12-11(13)9(7-14)3-4-15-12/h3-4,10H,2,5-8,14H2,1H3. The van der Waals surface area contributed by atoms with Gasteiger partial charge in [-0.05, 0) is 12.5 Å². The van der Waals surface area contributed by atoms with E-state index in [1.807, 2.05) is 4.90 Å². The molecule has 0 amide bonds. The molecule has 94 valence electrons. The summed E-state index contributed by atoms with van der Waals surface area (Å²) in [5, 5.41) is 0. The molecule has 4 nitrogen and oxygen atoms in total. The van der Waals surface area contributed by atoms with Crippen molar-refractivity contribution in [1.29, 1.82) is 0 Å². The first-order valence-electron chi connectivity index (χ1n) is 5.96. The van der Waals surface area contributed by atoms with Crippen molar-refractivity contribution in [3.8, 4) is 0 Å². The van der Waals surface area contributed by atoms with E-state index in [1.54, 1.807) is 12.3 Å². The molecule has 1 aliphatic heterocycles. The van der Waals surface area contributed by atoms with Gasteiger partial charge in [0.1, 0.15) is 0 Å². The quantitative estimate of drug-likeness (QED) is 0.863. The molecule has 1 atom stereocenters. The van der Waals surface area contributed by atoms with Crippen LogP contribution in [0, 0.1) is 5.82 Å². The van der Waals surface area contributed by atoms with Gasteiger partial charge in [-0.25, -0.2) is 9.37 Å². The van der Waals surface area contributed by atoms with E-state index in [0.717, 1.165) is 6.42 Å². The molecule has 17 heavy (non-hydrogen) atoms. The van der Waals surface area contributed by atoms with Gasteiger partial charge < -0.3 is 15.4 Å². The first-order chi connectivity index (χ1) is 8.26. The Balaban J connectivity index is 2.21. The lowest BCUT2D eigenvalue weighted by Gasteiger charge is -2.33. The maximum absolute atomic E-state index is 14.1. The van der Waals surface area contributed by atoms with Crippen molar-refractivity contribution in [1.82, 2.24) is 4.98 Å². The predicted octanol–water partition coefficient (Wildman–Crippen LogP) is 1.29. The Morgan fingerprint density at radius 2 is 2.47 bits per heavy atom. The number of hydrogen-bond acceptors (Lipinski definition) is 4. The van der Waals surface area contributed by atoms with Crippen LogP contribution in [0.25, 0.3) is 0 Å². The molecule has 0 saturated carbocycles. The molecular weight excluding hydrogens is 221 g/mol. The fraction of sp³-hybridized carbons (Fsp3) is 0.583. The summed E-state index contributed by atoms with van der Waals surface area (Å²) in [5.74, 6) is 0.0986. The van der Waals surface area contributed by atoms with Gasteiger partial charge in [-0.1, -0.05) is 6.92 Å². The van der Waals surface area contributed by atoms with Crippen molar-refractivity contribution in [2.45, 2.75) is 26.0 Å². The van der Waals surface area contributed by atoms with Crippen LogP contribution in [0.4, 0.5) is 10.2 Å². The van der Waals surface area contributed by atoms with Gasteiger partial charge in [0.15, 0.2) is 11.6 Å². The Labute approximate surface area is 101 Å². The van der Waals surface area contributed by atoms with Crippen LogP contribution in [0.5, 0.6) is 0 Å². The smallest absolute Gasteiger partial charge is 0.170 e. The van der Waals surface area contributed by atoms with Crippen LogP contribution in [0.15, 0.2) is 12.3 Å². The van der Waals surface area contributed by atoms with Crippen LogP contribution in [0.3, 0.4) is 0 Å². The van der Waals surface area contributed by atoms with Crippen molar-refractivity contribution in [3.05, 3.63) is 23.6 Å². The molecule has 0 bridgehead atoms. The Bertz CT molecular complexity index is 386. The third-order valence-corrected chi connectivity index (χ3v) is 3.06. The van der Waals surface area contributed by atoms with Crippen molar-refractivity contribution < 1.29 is 9.13 Å². The Hall–Kier alpha value is -1.20. The Kier molecular flexibility index (Phi) is 3.91. The average molecular weight is 239 g/mol. The minimum atomic E-state index is -0.299. The van der Waals surface area contributed by atoms with E-state index in [2.05, 4.69) is 11.9 Å². The van der Waals surface area contributed by atoms with Crippen LogP contribution < -0.4 is 10.6 Å². The number of rotatable bonds is 3. The third-order valence-electron chi connectivity index (χ3n) is 3.06. The fourth-order valence-corrected chi connectivity index (χ4v) is 2.01. The molecule has 1 aliphatic rings. The van der Waals surface area contributed by atoms with E-state index in [1.165, 1.54) is 0 Å². The highest BCUT2D eigenvalue weighted by molar-refractivity contribution is 5.43. The number of hydrogen-bond donors (Lipinski definition) is 1. The molecule has 1 saturated heterocycles. The monoisotopic (exact) mass is 239 g/mol. The largest absolute Gasteiger partial charge is 0.375 e. The molecule has 0 aliphatic carbocycles. The van der Waals surface area contributed by atoms with Crippen molar-refractivity contribution in [3.63, 3.8) is 0 Å². The van der Waals surface area contributed by atoms with Gasteiger partial charge in [0.25, 0.3) is 0 Å². The number of ether oxygens (including phenoxy) is 1. The lowest BCUT2D eigenvalue weighted by molar-refractivity contribution is 0.0379. The maximum atomic E-state index is 14.1. The minimum Gasteiger partial charge on any atom is -0.375 e. The number of halogens is 1. The van der Waals surface area contributed by atoms with E-state index in [4.69, 9.17) is 10.5 Å². The van der Waals surface area contributed by atoms with E-state index < -0.39 is 0 Å². The molecule has 2 heterocycles. The highest BCUT2D eigenvalue weighted by Gasteiger charge is 2.23. The van der Waals surface area contributed by atoms with E-state index in [0.29, 0.717) is 31.1 Å². The maximum Gasteiger partial charge on any atom is 0.170 e. The first kappa shape index (κ1) is 12.3. The van der Waals surface area contributed by atoms with Gasteiger partial charge in [0.2, 0.25) is 0 Å². The zero-order valence-corrected chi connectivity index (χ0v) is 10.0. The second-order valence-corrected chi connectivity index (χ2v) is 4.16. The summed E-state index contributed by atoms with van der Waals surface area (Å²) in [7, 11) is 0. The van der Waals surface area contributed by atoms with Crippen molar-refractivity contribution in [2.75, 3.05) is 24.6 Å². The van der Waals surface area contributed by atoms with E-state index in [9.17, 15) is 4.39 Å².